The number of imide groups is 1. The van der Waals surface area contributed by atoms with Gasteiger partial charge in [0.05, 0.1) is 5.69 Å². The molecule has 0 N–H and O–H groups in total. The monoisotopic (exact) mass is 229 g/mol. The molecular formula is C14H15NO2. The van der Waals surface area contributed by atoms with Crippen LogP contribution in [0.25, 0.3) is 0 Å². The van der Waals surface area contributed by atoms with Gasteiger partial charge in [0.25, 0.3) is 11.8 Å². The highest BCUT2D eigenvalue weighted by Gasteiger charge is 2.31. The van der Waals surface area contributed by atoms with E-state index in [2.05, 4.69) is 0 Å². The minimum atomic E-state index is -0.229. The van der Waals surface area contributed by atoms with Crippen molar-refractivity contribution in [2.45, 2.75) is 26.7 Å². The van der Waals surface area contributed by atoms with Crippen molar-refractivity contribution in [1.29, 1.82) is 0 Å². The molecule has 0 saturated carbocycles. The number of hydrogen-bond acceptors (Lipinski definition) is 2. The van der Waals surface area contributed by atoms with Crippen molar-refractivity contribution in [2.75, 3.05) is 4.90 Å². The van der Waals surface area contributed by atoms with Crippen LogP contribution in [-0.2, 0) is 16.0 Å². The van der Waals surface area contributed by atoms with E-state index in [9.17, 15) is 9.59 Å². The Morgan fingerprint density at radius 2 is 1.76 bits per heavy atom. The normalized spacial score (nSPS) is 15.4. The first-order chi connectivity index (χ1) is 8.19. The number of hydrogen-bond donors (Lipinski definition) is 0. The highest BCUT2D eigenvalue weighted by atomic mass is 16.2. The van der Waals surface area contributed by atoms with E-state index in [-0.39, 0.29) is 11.8 Å². The van der Waals surface area contributed by atoms with E-state index in [0.29, 0.717) is 17.7 Å². The summed E-state index contributed by atoms with van der Waals surface area (Å²) in [6.07, 6.45) is 2.83. The van der Waals surface area contributed by atoms with Crippen LogP contribution in [-0.4, -0.2) is 11.8 Å². The average Bonchev–Trinajstić information content (AvgIpc) is 2.64. The van der Waals surface area contributed by atoms with Gasteiger partial charge in [0.15, 0.2) is 0 Å². The van der Waals surface area contributed by atoms with Gasteiger partial charge in [-0.15, -0.1) is 0 Å². The Hall–Kier alpha value is -1.90. The lowest BCUT2D eigenvalue weighted by atomic mass is 10.1. The first-order valence-electron chi connectivity index (χ1n) is 5.86. The van der Waals surface area contributed by atoms with Gasteiger partial charge < -0.3 is 0 Å². The fourth-order valence-corrected chi connectivity index (χ4v) is 2.03. The molecule has 0 unspecified atom stereocenters. The number of nitrogens with zero attached hydrogens (tertiary/aromatic N) is 1. The molecule has 0 aromatic heterocycles. The van der Waals surface area contributed by atoms with Crippen molar-refractivity contribution in [3.8, 4) is 0 Å². The van der Waals surface area contributed by atoms with Crippen LogP contribution in [0, 0.1) is 0 Å². The molecule has 0 aliphatic carbocycles. The molecule has 0 bridgehead atoms. The molecule has 0 atom stereocenters. The molecule has 0 radical (unpaired) electrons. The van der Waals surface area contributed by atoms with E-state index in [1.54, 1.807) is 0 Å². The molecule has 3 heteroatoms. The summed E-state index contributed by atoms with van der Waals surface area (Å²) in [6.45, 7) is 3.89. The van der Waals surface area contributed by atoms with Gasteiger partial charge in [-0.05, 0) is 24.5 Å². The molecule has 3 nitrogen and oxygen atoms in total. The van der Waals surface area contributed by atoms with Crippen LogP contribution in [0.3, 0.4) is 0 Å². The number of carbonyl (C=O) groups is 2. The first kappa shape index (κ1) is 11.6. The highest BCUT2D eigenvalue weighted by molar-refractivity contribution is 6.30. The van der Waals surface area contributed by atoms with Crippen LogP contribution < -0.4 is 4.90 Å². The Morgan fingerprint density at radius 3 is 2.35 bits per heavy atom. The third-order valence-corrected chi connectivity index (χ3v) is 2.99. The van der Waals surface area contributed by atoms with Crippen LogP contribution in [0.5, 0.6) is 0 Å². The number of amides is 2. The third kappa shape index (κ3) is 1.88. The number of aryl methyl sites for hydroxylation is 1. The second-order valence-electron chi connectivity index (χ2n) is 3.98. The highest BCUT2D eigenvalue weighted by Crippen LogP contribution is 2.27. The maximum atomic E-state index is 12.1. The molecule has 0 spiro atoms. The lowest BCUT2D eigenvalue weighted by molar-refractivity contribution is -0.120. The maximum Gasteiger partial charge on any atom is 0.261 e. The fraction of sp³-hybridized carbons (Fsp3) is 0.286. The molecule has 2 amide bonds. The largest absolute Gasteiger partial charge is 0.269 e. The molecule has 17 heavy (non-hydrogen) atoms. The van der Waals surface area contributed by atoms with Gasteiger partial charge in [0.2, 0.25) is 0 Å². The standard InChI is InChI=1S/C14H15NO2/c1-3-10-7-5-6-8-12(10)15-13(16)9-11(4-2)14(15)17/h5-9H,3-4H2,1-2H3. The smallest absolute Gasteiger partial charge is 0.261 e. The van der Waals surface area contributed by atoms with E-state index in [0.717, 1.165) is 12.0 Å². The lowest BCUT2D eigenvalue weighted by Gasteiger charge is -2.18. The molecule has 1 aliphatic heterocycles. The summed E-state index contributed by atoms with van der Waals surface area (Å²) >= 11 is 0. The van der Waals surface area contributed by atoms with Crippen LogP contribution in [0.4, 0.5) is 5.69 Å². The summed E-state index contributed by atoms with van der Waals surface area (Å²) in [6, 6.07) is 7.53. The number of para-hydroxylation sites is 1. The van der Waals surface area contributed by atoms with Gasteiger partial charge in [0.1, 0.15) is 0 Å². The Balaban J connectivity index is 2.43. The third-order valence-electron chi connectivity index (χ3n) is 2.99. The van der Waals surface area contributed by atoms with Crippen molar-refractivity contribution in [2.24, 2.45) is 0 Å². The van der Waals surface area contributed by atoms with E-state index in [1.165, 1.54) is 11.0 Å². The number of anilines is 1. The van der Waals surface area contributed by atoms with Crippen molar-refractivity contribution >= 4 is 17.5 Å². The molecular weight excluding hydrogens is 214 g/mol. The molecule has 1 aromatic rings. The average molecular weight is 229 g/mol. The summed E-state index contributed by atoms with van der Waals surface area (Å²) in [5.41, 5.74) is 2.31. The summed E-state index contributed by atoms with van der Waals surface area (Å²) in [7, 11) is 0. The summed E-state index contributed by atoms with van der Waals surface area (Å²) in [4.78, 5) is 25.2. The zero-order chi connectivity index (χ0) is 12.4. The van der Waals surface area contributed by atoms with Crippen molar-refractivity contribution in [3.63, 3.8) is 0 Å². The lowest BCUT2D eigenvalue weighted by Crippen LogP contribution is -2.31. The topological polar surface area (TPSA) is 37.4 Å². The number of benzene rings is 1. The van der Waals surface area contributed by atoms with E-state index < -0.39 is 0 Å². The van der Waals surface area contributed by atoms with Crippen molar-refractivity contribution in [3.05, 3.63) is 41.5 Å². The Bertz CT molecular complexity index is 503. The van der Waals surface area contributed by atoms with Crippen molar-refractivity contribution in [1.82, 2.24) is 0 Å². The van der Waals surface area contributed by atoms with E-state index >= 15 is 0 Å². The molecule has 1 heterocycles. The molecule has 2 rings (SSSR count). The maximum absolute atomic E-state index is 12.1. The Kier molecular flexibility index (Phi) is 3.09. The SMILES string of the molecule is CCC1=CC(=O)N(c2ccccc2CC)C1=O. The second kappa shape index (κ2) is 4.53. The molecule has 1 aromatic carbocycles. The van der Waals surface area contributed by atoms with Crippen LogP contribution in [0.15, 0.2) is 35.9 Å². The van der Waals surface area contributed by atoms with Gasteiger partial charge in [-0.2, -0.15) is 0 Å². The fourth-order valence-electron chi connectivity index (χ4n) is 2.03. The van der Waals surface area contributed by atoms with Gasteiger partial charge in [-0.25, -0.2) is 4.90 Å². The van der Waals surface area contributed by atoms with Crippen LogP contribution in [0.1, 0.15) is 25.8 Å². The molecule has 0 fully saturated rings. The summed E-state index contributed by atoms with van der Waals surface area (Å²) in [5.74, 6) is -0.411. The van der Waals surface area contributed by atoms with E-state index in [1.807, 2.05) is 38.1 Å². The number of carbonyl (C=O) groups excluding carboxylic acids is 2. The summed E-state index contributed by atoms with van der Waals surface area (Å²) in [5, 5.41) is 0. The predicted octanol–water partition coefficient (Wildman–Crippen LogP) is 2.46. The minimum absolute atomic E-state index is 0.182. The quantitative estimate of drug-likeness (QED) is 0.747. The first-order valence-corrected chi connectivity index (χ1v) is 5.86. The molecule has 88 valence electrons. The zero-order valence-electron chi connectivity index (χ0n) is 10.1. The molecule has 0 saturated heterocycles. The van der Waals surface area contributed by atoms with Crippen molar-refractivity contribution < 1.29 is 9.59 Å². The predicted molar refractivity (Wildman–Crippen MR) is 66.7 cm³/mol. The zero-order valence-corrected chi connectivity index (χ0v) is 10.1. The van der Waals surface area contributed by atoms with E-state index in [4.69, 9.17) is 0 Å². The summed E-state index contributed by atoms with van der Waals surface area (Å²) < 4.78 is 0. The van der Waals surface area contributed by atoms with Gasteiger partial charge >= 0.3 is 0 Å². The van der Waals surface area contributed by atoms with Gasteiger partial charge in [0, 0.05) is 11.6 Å². The van der Waals surface area contributed by atoms with Crippen LogP contribution >= 0.6 is 0 Å². The Labute approximate surface area is 101 Å². The second-order valence-corrected chi connectivity index (χ2v) is 3.98. The number of rotatable bonds is 3. The Morgan fingerprint density at radius 1 is 1.06 bits per heavy atom. The minimum Gasteiger partial charge on any atom is -0.269 e. The van der Waals surface area contributed by atoms with Gasteiger partial charge in [-0.3, -0.25) is 9.59 Å². The molecule has 1 aliphatic rings. The van der Waals surface area contributed by atoms with Gasteiger partial charge in [-0.1, -0.05) is 32.0 Å². The van der Waals surface area contributed by atoms with Crippen LogP contribution in [0.2, 0.25) is 0 Å².